The van der Waals surface area contributed by atoms with Crippen LogP contribution in [0.15, 0.2) is 24.3 Å². The van der Waals surface area contributed by atoms with E-state index in [1.54, 1.807) is 0 Å². The fraction of sp³-hybridized carbons (Fsp3) is 0.500. The summed E-state index contributed by atoms with van der Waals surface area (Å²) in [5.41, 5.74) is 0. The molecule has 0 spiro atoms. The molecule has 0 aromatic heterocycles. The summed E-state index contributed by atoms with van der Waals surface area (Å²) >= 11 is 0. The molecule has 0 saturated carbocycles. The van der Waals surface area contributed by atoms with Crippen LogP contribution >= 0.6 is 0 Å². The second-order valence-corrected chi connectivity index (χ2v) is 4.55. The molecule has 116 valence electrons. The van der Waals surface area contributed by atoms with E-state index in [0.717, 1.165) is 0 Å². The fourth-order valence-corrected chi connectivity index (χ4v) is 2.08. The number of hydrogen-bond donors (Lipinski definition) is 0. The van der Waals surface area contributed by atoms with Gasteiger partial charge in [-0.1, -0.05) is 0 Å². The molecule has 1 heterocycles. The van der Waals surface area contributed by atoms with Gasteiger partial charge in [0, 0.05) is 14.2 Å². The third-order valence-electron chi connectivity index (χ3n) is 3.14. The maximum Gasteiger partial charge on any atom is 0.256 e. The predicted octanol–water partition coefficient (Wildman–Crippen LogP) is 1.01. The molecule has 7 heteroatoms. The van der Waals surface area contributed by atoms with Gasteiger partial charge in [-0.15, -0.1) is 0 Å². The molecule has 0 radical (unpaired) electrons. The van der Waals surface area contributed by atoms with Gasteiger partial charge in [-0.2, -0.15) is 0 Å². The molecule has 2 atom stereocenters. The van der Waals surface area contributed by atoms with Gasteiger partial charge in [0.1, 0.15) is 37.7 Å². The van der Waals surface area contributed by atoms with Crippen molar-refractivity contribution in [2.45, 2.75) is 12.1 Å². The summed E-state index contributed by atoms with van der Waals surface area (Å²) < 4.78 is 33.5. The molecule has 1 aromatic carbocycles. The molecule has 1 aromatic rings. The lowest BCUT2D eigenvalue weighted by atomic mass is 10.00. The summed E-state index contributed by atoms with van der Waals surface area (Å²) in [4.78, 5) is 13.4. The largest absolute Gasteiger partial charge is 0.491 e. The highest BCUT2D eigenvalue weighted by Gasteiger charge is 2.48. The predicted molar refractivity (Wildman–Crippen MR) is 71.2 cm³/mol. The van der Waals surface area contributed by atoms with Gasteiger partial charge < -0.3 is 23.8 Å². The third kappa shape index (κ3) is 3.69. The Bertz CT molecular complexity index is 467. The van der Waals surface area contributed by atoms with E-state index in [1.807, 2.05) is 0 Å². The van der Waals surface area contributed by atoms with Gasteiger partial charge in [-0.3, -0.25) is 4.79 Å². The Morgan fingerprint density at radius 1 is 1.19 bits per heavy atom. The van der Waals surface area contributed by atoms with Crippen molar-refractivity contribution in [1.29, 1.82) is 0 Å². The van der Waals surface area contributed by atoms with Gasteiger partial charge in [-0.25, -0.2) is 4.39 Å². The van der Waals surface area contributed by atoms with Crippen molar-refractivity contribution in [2.75, 3.05) is 34.4 Å². The lowest BCUT2D eigenvalue weighted by molar-refractivity contribution is -0.199. The molecule has 2 rings (SSSR count). The molecule has 1 fully saturated rings. The van der Waals surface area contributed by atoms with Gasteiger partial charge in [0.25, 0.3) is 5.91 Å². The first-order valence-corrected chi connectivity index (χ1v) is 6.45. The normalized spacial score (nSPS) is 21.3. The Kier molecular flexibility index (Phi) is 5.49. The maximum absolute atomic E-state index is 12.8. The summed E-state index contributed by atoms with van der Waals surface area (Å²) in [7, 11) is 2.99. The Morgan fingerprint density at radius 2 is 1.90 bits per heavy atom. The molecule has 6 nitrogen and oxygen atoms in total. The van der Waals surface area contributed by atoms with Crippen LogP contribution in [-0.2, 0) is 19.0 Å². The third-order valence-corrected chi connectivity index (χ3v) is 3.14. The van der Waals surface area contributed by atoms with E-state index < -0.39 is 6.10 Å². The molecule has 0 unspecified atom stereocenters. The molecule has 0 aliphatic carbocycles. The summed E-state index contributed by atoms with van der Waals surface area (Å²) in [6.07, 6.45) is -0.611. The molecule has 1 saturated heterocycles. The van der Waals surface area contributed by atoms with Gasteiger partial charge in [0.2, 0.25) is 0 Å². The summed E-state index contributed by atoms with van der Waals surface area (Å²) in [6.45, 7) is 0.433. The van der Waals surface area contributed by atoms with E-state index in [1.165, 1.54) is 43.4 Å². The first-order chi connectivity index (χ1) is 10.2. The number of hydrogen-bond acceptors (Lipinski definition) is 5. The van der Waals surface area contributed by atoms with Gasteiger partial charge in [-0.05, 0) is 24.3 Å². The van der Waals surface area contributed by atoms with Crippen LogP contribution < -0.4 is 4.74 Å². The van der Waals surface area contributed by atoms with E-state index in [0.29, 0.717) is 5.75 Å². The van der Waals surface area contributed by atoms with Crippen molar-refractivity contribution in [1.82, 2.24) is 4.90 Å². The quantitative estimate of drug-likeness (QED) is 0.529. The number of nitrogens with zero attached hydrogens (tertiary/aromatic N) is 1. The zero-order chi connectivity index (χ0) is 15.2. The topological polar surface area (TPSA) is 57.2 Å². The van der Waals surface area contributed by atoms with Crippen LogP contribution in [0.5, 0.6) is 5.75 Å². The van der Waals surface area contributed by atoms with Crippen LogP contribution in [0, 0.1) is 5.82 Å². The molecule has 1 amide bonds. The van der Waals surface area contributed by atoms with Crippen LogP contribution in [-0.4, -0.2) is 57.3 Å². The second-order valence-electron chi connectivity index (χ2n) is 4.55. The number of carbonyl (C=O) groups is 1. The van der Waals surface area contributed by atoms with E-state index in [-0.39, 0.29) is 37.9 Å². The van der Waals surface area contributed by atoms with E-state index in [9.17, 15) is 9.18 Å². The average molecular weight is 299 g/mol. The number of likely N-dealkylation sites (tertiary alicyclic amines) is 1. The van der Waals surface area contributed by atoms with E-state index in [2.05, 4.69) is 0 Å². The maximum atomic E-state index is 12.8. The van der Waals surface area contributed by atoms with E-state index >= 15 is 0 Å². The number of amides is 1. The number of ether oxygens (including phenoxy) is 4. The van der Waals surface area contributed by atoms with Crippen LogP contribution in [0.3, 0.4) is 0 Å². The van der Waals surface area contributed by atoms with Gasteiger partial charge >= 0.3 is 0 Å². The highest BCUT2D eigenvalue weighted by atomic mass is 19.1. The van der Waals surface area contributed by atoms with Crippen LogP contribution in [0.1, 0.15) is 0 Å². The van der Waals surface area contributed by atoms with Crippen molar-refractivity contribution in [3.05, 3.63) is 30.1 Å². The molecular formula is C14H18FNO5. The molecule has 1 aliphatic heterocycles. The number of rotatable bonds is 8. The highest BCUT2D eigenvalue weighted by molar-refractivity contribution is 5.88. The second kappa shape index (κ2) is 7.35. The monoisotopic (exact) mass is 299 g/mol. The van der Waals surface area contributed by atoms with Crippen molar-refractivity contribution < 1.29 is 28.1 Å². The first kappa shape index (κ1) is 15.7. The van der Waals surface area contributed by atoms with Crippen LogP contribution in [0.4, 0.5) is 4.39 Å². The minimum atomic E-state index is -0.611. The Labute approximate surface area is 122 Å². The zero-order valence-corrected chi connectivity index (χ0v) is 12.0. The van der Waals surface area contributed by atoms with Crippen LogP contribution in [0.25, 0.3) is 0 Å². The minimum absolute atomic E-state index is 0.0320. The standard InChI is InChI=1S/C14H18FNO5/c1-18-8-16-12(13(14(16)17)21-9-19-2)7-20-11-5-3-10(15)4-6-11/h3-6,12-13H,7-9H2,1-2H3/t12-,13+/m0/s1. The van der Waals surface area contributed by atoms with Gasteiger partial charge in [0.15, 0.2) is 6.10 Å². The lowest BCUT2D eigenvalue weighted by Crippen LogP contribution is -2.68. The highest BCUT2D eigenvalue weighted by Crippen LogP contribution is 2.24. The minimum Gasteiger partial charge on any atom is -0.491 e. The number of methoxy groups -OCH3 is 2. The van der Waals surface area contributed by atoms with Gasteiger partial charge in [0.05, 0.1) is 0 Å². The molecule has 0 bridgehead atoms. The Balaban J connectivity index is 1.93. The molecule has 0 N–H and O–H groups in total. The van der Waals surface area contributed by atoms with Crippen LogP contribution in [0.2, 0.25) is 0 Å². The molecular weight excluding hydrogens is 281 g/mol. The summed E-state index contributed by atoms with van der Waals surface area (Å²) in [5.74, 6) is 0.0312. The van der Waals surface area contributed by atoms with Crippen molar-refractivity contribution in [3.8, 4) is 5.75 Å². The molecule has 1 aliphatic rings. The summed E-state index contributed by atoms with van der Waals surface area (Å²) in [6, 6.07) is 5.42. The van der Waals surface area contributed by atoms with Crippen molar-refractivity contribution >= 4 is 5.91 Å². The summed E-state index contributed by atoms with van der Waals surface area (Å²) in [5, 5.41) is 0. The van der Waals surface area contributed by atoms with Crippen molar-refractivity contribution in [3.63, 3.8) is 0 Å². The number of β-lactam (4-membered cyclic amide) rings is 1. The van der Waals surface area contributed by atoms with E-state index in [4.69, 9.17) is 18.9 Å². The Morgan fingerprint density at radius 3 is 2.52 bits per heavy atom. The fourth-order valence-electron chi connectivity index (χ4n) is 2.08. The lowest BCUT2D eigenvalue weighted by Gasteiger charge is -2.45. The SMILES string of the molecule is COCO[C@H]1C(=O)N(COC)[C@H]1COc1ccc(F)cc1. The number of benzene rings is 1. The Hall–Kier alpha value is -1.70. The smallest absolute Gasteiger partial charge is 0.256 e. The number of halogens is 1. The molecule has 21 heavy (non-hydrogen) atoms. The van der Waals surface area contributed by atoms with Crippen molar-refractivity contribution in [2.24, 2.45) is 0 Å². The first-order valence-electron chi connectivity index (χ1n) is 6.45. The number of carbonyl (C=O) groups excluding carboxylic acids is 1. The average Bonchev–Trinajstić information content (AvgIpc) is 2.50. The zero-order valence-electron chi connectivity index (χ0n) is 12.0.